The Morgan fingerprint density at radius 1 is 1.25 bits per heavy atom. The van der Waals surface area contributed by atoms with E-state index in [1.54, 1.807) is 12.4 Å². The van der Waals surface area contributed by atoms with E-state index in [0.717, 1.165) is 48.6 Å². The number of likely N-dealkylation sites (tertiary alicyclic amines) is 1. The van der Waals surface area contributed by atoms with Crippen LogP contribution in [0.4, 0.5) is 16.9 Å². The monoisotopic (exact) mass is 454 g/mol. The van der Waals surface area contributed by atoms with Crippen molar-refractivity contribution >= 4 is 33.9 Å². The van der Waals surface area contributed by atoms with Crippen LogP contribution in [0.15, 0.2) is 24.7 Å². The lowest BCUT2D eigenvalue weighted by Crippen LogP contribution is -2.52. The first kappa shape index (κ1) is 22.5. The number of imidazole rings is 1. The van der Waals surface area contributed by atoms with Crippen LogP contribution < -0.4 is 10.6 Å². The molecule has 1 fully saturated rings. The van der Waals surface area contributed by atoms with Crippen molar-refractivity contribution in [3.05, 3.63) is 29.5 Å². The first-order valence-electron chi connectivity index (χ1n) is 11.2. The van der Waals surface area contributed by atoms with Gasteiger partial charge in [-0.05, 0) is 25.7 Å². The number of rotatable bonds is 9. The van der Waals surface area contributed by atoms with Crippen LogP contribution in [0.25, 0.3) is 5.65 Å². The van der Waals surface area contributed by atoms with Crippen molar-refractivity contribution in [3.8, 4) is 6.07 Å². The second-order valence-corrected chi connectivity index (χ2v) is 9.23. The van der Waals surface area contributed by atoms with Gasteiger partial charge in [0.1, 0.15) is 11.5 Å². The Hall–Kier alpha value is -2.74. The van der Waals surface area contributed by atoms with Crippen molar-refractivity contribution in [3.63, 3.8) is 0 Å². The number of hydrogen-bond donors (Lipinski definition) is 3. The molecule has 1 aliphatic heterocycles. The van der Waals surface area contributed by atoms with Crippen molar-refractivity contribution < 1.29 is 5.11 Å². The maximum absolute atomic E-state index is 9.31. The summed E-state index contributed by atoms with van der Waals surface area (Å²) in [6, 6.07) is 5.49. The summed E-state index contributed by atoms with van der Waals surface area (Å²) in [7, 11) is 0. The molecule has 0 saturated carbocycles. The Balaban J connectivity index is 1.54. The lowest BCUT2D eigenvalue weighted by molar-refractivity contribution is 0.0735. The molecule has 3 aromatic heterocycles. The number of fused-ring (bicyclic) bond motifs is 1. The maximum atomic E-state index is 9.31. The minimum absolute atomic E-state index is 0.0287. The molecule has 3 N–H and O–H groups in total. The molecule has 32 heavy (non-hydrogen) atoms. The van der Waals surface area contributed by atoms with Crippen LogP contribution in [0.3, 0.4) is 0 Å². The second-order valence-electron chi connectivity index (χ2n) is 8.12. The number of thiazole rings is 1. The number of aromatic nitrogens is 4. The van der Waals surface area contributed by atoms with Gasteiger partial charge in [0.15, 0.2) is 5.13 Å². The van der Waals surface area contributed by atoms with Gasteiger partial charge in [-0.25, -0.2) is 9.97 Å². The van der Waals surface area contributed by atoms with Gasteiger partial charge in [-0.2, -0.15) is 10.2 Å². The fraction of sp³-hybridized carbons (Fsp3) is 0.545. The lowest BCUT2D eigenvalue weighted by atomic mass is 9.88. The molecular formula is C22H30N8OS. The van der Waals surface area contributed by atoms with E-state index in [1.807, 2.05) is 16.7 Å². The van der Waals surface area contributed by atoms with Gasteiger partial charge >= 0.3 is 0 Å². The predicted molar refractivity (Wildman–Crippen MR) is 126 cm³/mol. The quantitative estimate of drug-likeness (QED) is 0.448. The molecule has 0 aliphatic carbocycles. The molecule has 4 rings (SSSR count). The van der Waals surface area contributed by atoms with Crippen molar-refractivity contribution in [2.75, 3.05) is 17.2 Å². The number of nitrogens with zero attached hydrogens (tertiary/aromatic N) is 6. The molecular weight excluding hydrogens is 424 g/mol. The highest BCUT2D eigenvalue weighted by Gasteiger charge is 2.33. The second kappa shape index (κ2) is 10.3. The largest absolute Gasteiger partial charge is 0.391 e. The zero-order chi connectivity index (χ0) is 22.5. The molecule has 0 radical (unpaired) electrons. The zero-order valence-corrected chi connectivity index (χ0v) is 19.3. The Labute approximate surface area is 192 Å². The Bertz CT molecular complexity index is 1060. The molecule has 170 valence electrons. The molecule has 3 aromatic rings. The van der Waals surface area contributed by atoms with Gasteiger partial charge in [-0.3, -0.25) is 9.30 Å². The van der Waals surface area contributed by atoms with Gasteiger partial charge in [0.05, 0.1) is 17.6 Å². The third-order valence-corrected chi connectivity index (χ3v) is 7.04. The van der Waals surface area contributed by atoms with Crippen molar-refractivity contribution in [1.82, 2.24) is 24.3 Å². The number of aliphatic hydroxyl groups is 1. The highest BCUT2D eigenvalue weighted by molar-refractivity contribution is 7.15. The minimum atomic E-state index is -0.0287. The van der Waals surface area contributed by atoms with E-state index >= 15 is 0 Å². The third-order valence-electron chi connectivity index (χ3n) is 6.15. The van der Waals surface area contributed by atoms with Gasteiger partial charge in [-0.1, -0.05) is 25.2 Å². The van der Waals surface area contributed by atoms with Crippen molar-refractivity contribution in [2.24, 2.45) is 0 Å². The Morgan fingerprint density at radius 2 is 2.03 bits per heavy atom. The topological polar surface area (TPSA) is 114 Å². The number of hydrogen-bond acceptors (Lipinski definition) is 9. The maximum Gasteiger partial charge on any atom is 0.216 e. The number of piperidine rings is 1. The molecule has 0 aromatic carbocycles. The van der Waals surface area contributed by atoms with E-state index in [2.05, 4.69) is 45.4 Å². The lowest BCUT2D eigenvalue weighted by Gasteiger charge is -2.45. The molecule has 0 spiro atoms. The average molecular weight is 455 g/mol. The molecule has 4 heterocycles. The third kappa shape index (κ3) is 4.85. The standard InChI is InChI=1S/C22H30N8OS/c1-3-16-10-15(11-17(4-2)29(16)8-5-6-23)26-19-12-20-24-7-9-30(20)21(27-19)28-22-25-13-18(14-31)32-22/h7,9,12-13,15-17,26,31H,3-5,8,10-11,14H2,1-2H3,(H,25,27,28). The fourth-order valence-electron chi connectivity index (χ4n) is 4.62. The summed E-state index contributed by atoms with van der Waals surface area (Å²) in [5.41, 5.74) is 0.800. The van der Waals surface area contributed by atoms with Crippen LogP contribution in [0, 0.1) is 11.3 Å². The van der Waals surface area contributed by atoms with Crippen LogP contribution >= 0.6 is 11.3 Å². The van der Waals surface area contributed by atoms with Gasteiger partial charge in [0.2, 0.25) is 5.95 Å². The number of anilines is 3. The summed E-state index contributed by atoms with van der Waals surface area (Å²) in [4.78, 5) is 16.9. The number of nitriles is 1. The van der Waals surface area contributed by atoms with Crippen molar-refractivity contribution in [2.45, 2.75) is 70.7 Å². The first-order valence-corrected chi connectivity index (χ1v) is 12.0. The fourth-order valence-corrected chi connectivity index (χ4v) is 5.28. The van der Waals surface area contributed by atoms with Crippen LogP contribution in [0.2, 0.25) is 0 Å². The SMILES string of the molecule is CCC1CC(Nc2cc3nccn3c(Nc3ncc(CO)s3)n2)CC(CC)N1CCC#N. The molecule has 0 bridgehead atoms. The van der Waals surface area contributed by atoms with E-state index in [0.29, 0.717) is 35.6 Å². The average Bonchev–Trinajstić information content (AvgIpc) is 3.47. The van der Waals surface area contributed by atoms with E-state index in [-0.39, 0.29) is 6.61 Å². The van der Waals surface area contributed by atoms with E-state index in [1.165, 1.54) is 11.3 Å². The smallest absolute Gasteiger partial charge is 0.216 e. The van der Waals surface area contributed by atoms with Gasteiger partial charge in [0.25, 0.3) is 0 Å². The molecule has 2 atom stereocenters. The van der Waals surface area contributed by atoms with Gasteiger partial charge < -0.3 is 15.7 Å². The molecule has 9 nitrogen and oxygen atoms in total. The summed E-state index contributed by atoms with van der Waals surface area (Å²) < 4.78 is 1.89. The predicted octanol–water partition coefficient (Wildman–Crippen LogP) is 3.77. The highest BCUT2D eigenvalue weighted by Crippen LogP contribution is 2.30. The molecule has 1 aliphatic rings. The summed E-state index contributed by atoms with van der Waals surface area (Å²) >= 11 is 1.40. The normalized spacial score (nSPS) is 21.5. The molecule has 2 unspecified atom stereocenters. The van der Waals surface area contributed by atoms with Crippen molar-refractivity contribution in [1.29, 1.82) is 5.26 Å². The molecule has 0 amide bonds. The Kier molecular flexibility index (Phi) is 7.19. The van der Waals surface area contributed by atoms with Crippen LogP contribution in [0.1, 0.15) is 50.8 Å². The summed E-state index contributed by atoms with van der Waals surface area (Å²) in [6.45, 7) is 5.27. The van der Waals surface area contributed by atoms with Gasteiger partial charge in [0, 0.05) is 55.7 Å². The molecule has 10 heteroatoms. The summed E-state index contributed by atoms with van der Waals surface area (Å²) in [5, 5.41) is 26.0. The highest BCUT2D eigenvalue weighted by atomic mass is 32.1. The summed E-state index contributed by atoms with van der Waals surface area (Å²) in [5.74, 6) is 1.41. The number of aliphatic hydroxyl groups excluding tert-OH is 1. The minimum Gasteiger partial charge on any atom is -0.391 e. The first-order chi connectivity index (χ1) is 15.6. The molecule has 1 saturated heterocycles. The Morgan fingerprint density at radius 3 is 2.69 bits per heavy atom. The van der Waals surface area contributed by atoms with Gasteiger partial charge in [-0.15, -0.1) is 0 Å². The van der Waals surface area contributed by atoms with E-state index < -0.39 is 0 Å². The van der Waals surface area contributed by atoms with E-state index in [9.17, 15) is 5.11 Å². The van der Waals surface area contributed by atoms with E-state index in [4.69, 9.17) is 10.2 Å². The van der Waals surface area contributed by atoms with Crippen LogP contribution in [0.5, 0.6) is 0 Å². The van der Waals surface area contributed by atoms with Crippen LogP contribution in [-0.4, -0.2) is 54.0 Å². The number of nitrogens with one attached hydrogen (secondary N) is 2. The zero-order valence-electron chi connectivity index (χ0n) is 18.5. The summed E-state index contributed by atoms with van der Waals surface area (Å²) in [6.07, 6.45) is 10.0. The van der Waals surface area contributed by atoms with Crippen LogP contribution in [-0.2, 0) is 6.61 Å².